The van der Waals surface area contributed by atoms with Gasteiger partial charge in [-0.05, 0) is 55.5 Å². The van der Waals surface area contributed by atoms with E-state index in [1.807, 2.05) is 6.92 Å². The molecule has 0 radical (unpaired) electrons. The lowest BCUT2D eigenvalue weighted by Gasteiger charge is -2.17. The summed E-state index contributed by atoms with van der Waals surface area (Å²) in [7, 11) is 0. The SMILES string of the molecule is CCOc1ccc(N2C[C@H](C(=O)NNC(=O)c3ccc(Br)cc3)CC2=O)cc1. The Morgan fingerprint density at radius 2 is 1.79 bits per heavy atom. The van der Waals surface area contributed by atoms with E-state index in [1.54, 1.807) is 53.4 Å². The Bertz CT molecular complexity index is 868. The van der Waals surface area contributed by atoms with Crippen LogP contribution in [0.2, 0.25) is 0 Å². The molecule has 1 aliphatic rings. The normalized spacial score (nSPS) is 16.0. The topological polar surface area (TPSA) is 87.7 Å². The van der Waals surface area contributed by atoms with Gasteiger partial charge in [0, 0.05) is 28.7 Å². The molecular weight excluding hydrogens is 426 g/mol. The van der Waals surface area contributed by atoms with Gasteiger partial charge in [-0.2, -0.15) is 0 Å². The van der Waals surface area contributed by atoms with Crippen molar-refractivity contribution in [3.63, 3.8) is 0 Å². The molecule has 1 fully saturated rings. The number of ether oxygens (including phenoxy) is 1. The number of hydrogen-bond donors (Lipinski definition) is 2. The first-order valence-electron chi connectivity index (χ1n) is 8.87. The summed E-state index contributed by atoms with van der Waals surface area (Å²) >= 11 is 3.30. The Morgan fingerprint density at radius 1 is 1.11 bits per heavy atom. The number of hydrazine groups is 1. The van der Waals surface area contributed by atoms with E-state index in [0.29, 0.717) is 17.9 Å². The fourth-order valence-electron chi connectivity index (χ4n) is 2.92. The summed E-state index contributed by atoms with van der Waals surface area (Å²) in [5.41, 5.74) is 5.92. The summed E-state index contributed by atoms with van der Waals surface area (Å²) in [6.45, 7) is 2.72. The number of amides is 3. The molecule has 1 aliphatic heterocycles. The van der Waals surface area contributed by atoms with Gasteiger partial charge in [0.2, 0.25) is 11.8 Å². The summed E-state index contributed by atoms with van der Waals surface area (Å²) in [4.78, 5) is 38.3. The van der Waals surface area contributed by atoms with Crippen LogP contribution in [0.4, 0.5) is 5.69 Å². The molecule has 146 valence electrons. The van der Waals surface area contributed by atoms with Crippen LogP contribution in [0.5, 0.6) is 5.75 Å². The number of carbonyl (C=O) groups is 3. The zero-order valence-electron chi connectivity index (χ0n) is 15.3. The number of rotatable bonds is 5. The van der Waals surface area contributed by atoms with Crippen LogP contribution in [-0.2, 0) is 9.59 Å². The molecule has 2 aromatic rings. The van der Waals surface area contributed by atoms with Gasteiger partial charge in [0.1, 0.15) is 5.75 Å². The first kappa shape index (κ1) is 19.9. The predicted octanol–water partition coefficient (Wildman–Crippen LogP) is 2.66. The van der Waals surface area contributed by atoms with Crippen LogP contribution in [0.25, 0.3) is 0 Å². The van der Waals surface area contributed by atoms with E-state index in [1.165, 1.54) is 0 Å². The molecule has 0 aromatic heterocycles. The molecule has 8 heteroatoms. The number of nitrogens with one attached hydrogen (secondary N) is 2. The lowest BCUT2D eigenvalue weighted by molar-refractivity contribution is -0.126. The minimum Gasteiger partial charge on any atom is -0.494 e. The minimum atomic E-state index is -0.538. The molecule has 0 spiro atoms. The molecule has 1 saturated heterocycles. The summed E-state index contributed by atoms with van der Waals surface area (Å²) in [6.07, 6.45) is 0.0905. The van der Waals surface area contributed by atoms with E-state index < -0.39 is 17.7 Å². The third-order valence-corrected chi connectivity index (χ3v) is 4.89. The van der Waals surface area contributed by atoms with Crippen LogP contribution in [0.1, 0.15) is 23.7 Å². The van der Waals surface area contributed by atoms with Gasteiger partial charge in [-0.1, -0.05) is 15.9 Å². The predicted molar refractivity (Wildman–Crippen MR) is 108 cm³/mol. The van der Waals surface area contributed by atoms with Gasteiger partial charge < -0.3 is 9.64 Å². The molecule has 0 saturated carbocycles. The first-order valence-corrected chi connectivity index (χ1v) is 9.66. The standard InChI is InChI=1S/C20H20BrN3O4/c1-2-28-17-9-7-16(8-10-17)24-12-14(11-18(24)25)20(27)23-22-19(26)13-3-5-15(21)6-4-13/h3-10,14H,2,11-12H2,1H3,(H,22,26)(H,23,27)/t14-/m1/s1. The summed E-state index contributed by atoms with van der Waals surface area (Å²) in [5, 5.41) is 0. The number of nitrogens with zero attached hydrogens (tertiary/aromatic N) is 1. The van der Waals surface area contributed by atoms with Crippen molar-refractivity contribution in [2.75, 3.05) is 18.1 Å². The highest BCUT2D eigenvalue weighted by atomic mass is 79.9. The zero-order chi connectivity index (χ0) is 20.1. The number of anilines is 1. The maximum atomic E-state index is 12.4. The van der Waals surface area contributed by atoms with Crippen LogP contribution in [-0.4, -0.2) is 30.9 Å². The van der Waals surface area contributed by atoms with Gasteiger partial charge in [-0.3, -0.25) is 25.2 Å². The lowest BCUT2D eigenvalue weighted by Crippen LogP contribution is -2.45. The molecule has 28 heavy (non-hydrogen) atoms. The Hall–Kier alpha value is -2.87. The van der Waals surface area contributed by atoms with Gasteiger partial charge in [-0.15, -0.1) is 0 Å². The molecule has 2 aromatic carbocycles. The molecule has 1 atom stereocenters. The Morgan fingerprint density at radius 3 is 2.43 bits per heavy atom. The molecule has 3 rings (SSSR count). The van der Waals surface area contributed by atoms with Gasteiger partial charge in [0.05, 0.1) is 12.5 Å². The average molecular weight is 446 g/mol. The van der Waals surface area contributed by atoms with Crippen molar-refractivity contribution in [2.45, 2.75) is 13.3 Å². The number of hydrogen-bond acceptors (Lipinski definition) is 4. The quantitative estimate of drug-likeness (QED) is 0.692. The maximum absolute atomic E-state index is 12.4. The van der Waals surface area contributed by atoms with Crippen molar-refractivity contribution in [1.82, 2.24) is 10.9 Å². The van der Waals surface area contributed by atoms with Crippen LogP contribution < -0.4 is 20.5 Å². The second-order valence-corrected chi connectivity index (χ2v) is 7.20. The molecule has 7 nitrogen and oxygen atoms in total. The van der Waals surface area contributed by atoms with Gasteiger partial charge in [-0.25, -0.2) is 0 Å². The van der Waals surface area contributed by atoms with E-state index >= 15 is 0 Å². The monoisotopic (exact) mass is 445 g/mol. The molecule has 2 N–H and O–H groups in total. The third kappa shape index (κ3) is 4.69. The zero-order valence-corrected chi connectivity index (χ0v) is 16.9. The third-order valence-electron chi connectivity index (χ3n) is 4.36. The van der Waals surface area contributed by atoms with E-state index in [2.05, 4.69) is 26.8 Å². The molecule has 1 heterocycles. The number of halogens is 1. The fourth-order valence-corrected chi connectivity index (χ4v) is 3.18. The highest BCUT2D eigenvalue weighted by molar-refractivity contribution is 9.10. The van der Waals surface area contributed by atoms with Gasteiger partial charge >= 0.3 is 0 Å². The Balaban J connectivity index is 1.56. The van der Waals surface area contributed by atoms with Crippen molar-refractivity contribution in [3.05, 3.63) is 58.6 Å². The molecular formula is C20H20BrN3O4. The smallest absolute Gasteiger partial charge is 0.269 e. The van der Waals surface area contributed by atoms with E-state index in [4.69, 9.17) is 4.74 Å². The Labute approximate surface area is 171 Å². The lowest BCUT2D eigenvalue weighted by atomic mass is 10.1. The van der Waals surface area contributed by atoms with Crippen molar-refractivity contribution >= 4 is 39.3 Å². The van der Waals surface area contributed by atoms with Gasteiger partial charge in [0.25, 0.3) is 5.91 Å². The second kappa shape index (κ2) is 8.88. The largest absolute Gasteiger partial charge is 0.494 e. The Kier molecular flexibility index (Phi) is 6.30. The fraction of sp³-hybridized carbons (Fsp3) is 0.250. The number of benzene rings is 2. The second-order valence-electron chi connectivity index (χ2n) is 6.28. The van der Waals surface area contributed by atoms with Crippen molar-refractivity contribution in [3.8, 4) is 5.75 Å². The van der Waals surface area contributed by atoms with E-state index in [9.17, 15) is 14.4 Å². The highest BCUT2D eigenvalue weighted by Gasteiger charge is 2.35. The van der Waals surface area contributed by atoms with Crippen molar-refractivity contribution in [2.24, 2.45) is 5.92 Å². The van der Waals surface area contributed by atoms with Crippen molar-refractivity contribution < 1.29 is 19.1 Å². The molecule has 0 aliphatic carbocycles. The average Bonchev–Trinajstić information content (AvgIpc) is 3.09. The first-order chi connectivity index (χ1) is 13.5. The van der Waals surface area contributed by atoms with Crippen molar-refractivity contribution in [1.29, 1.82) is 0 Å². The van der Waals surface area contributed by atoms with Crippen LogP contribution in [0.15, 0.2) is 53.0 Å². The summed E-state index contributed by atoms with van der Waals surface area (Å²) in [6, 6.07) is 13.9. The molecule has 3 amide bonds. The summed E-state index contributed by atoms with van der Waals surface area (Å²) in [5.74, 6) is -0.767. The highest BCUT2D eigenvalue weighted by Crippen LogP contribution is 2.27. The molecule has 0 bridgehead atoms. The maximum Gasteiger partial charge on any atom is 0.269 e. The van der Waals surface area contributed by atoms with E-state index in [0.717, 1.165) is 10.2 Å². The van der Waals surface area contributed by atoms with E-state index in [-0.39, 0.29) is 18.9 Å². The number of carbonyl (C=O) groups excluding carboxylic acids is 3. The van der Waals surface area contributed by atoms with Crippen LogP contribution >= 0.6 is 15.9 Å². The van der Waals surface area contributed by atoms with Crippen LogP contribution in [0, 0.1) is 5.92 Å². The minimum absolute atomic E-state index is 0.0905. The van der Waals surface area contributed by atoms with Crippen LogP contribution in [0.3, 0.4) is 0 Å². The molecule has 0 unspecified atom stereocenters. The van der Waals surface area contributed by atoms with Gasteiger partial charge in [0.15, 0.2) is 0 Å². The summed E-state index contributed by atoms with van der Waals surface area (Å²) < 4.78 is 6.25.